The van der Waals surface area contributed by atoms with Gasteiger partial charge in [-0.3, -0.25) is 14.4 Å². The number of aliphatic hydroxyl groups excluding tert-OH is 1. The first-order valence-electron chi connectivity index (χ1n) is 12.1. The number of hydrogen-bond donors (Lipinski definition) is 3. The molecule has 0 bridgehead atoms. The quantitative estimate of drug-likeness (QED) is 0.466. The zero-order valence-corrected chi connectivity index (χ0v) is 19.3. The molecule has 1 fully saturated rings. The number of carbonyl (C=O) groups excluding carboxylic acids is 3. The number of allylic oxidation sites excluding steroid dienone is 2. The van der Waals surface area contributed by atoms with Crippen molar-refractivity contribution in [2.75, 3.05) is 13.2 Å². The topological polar surface area (TPSA) is 105 Å². The highest BCUT2D eigenvalue weighted by Crippen LogP contribution is 2.29. The molecule has 33 heavy (non-hydrogen) atoms. The largest absolute Gasteiger partial charge is 0.463 e. The Labute approximate surface area is 196 Å². The minimum atomic E-state index is -0.564. The molecule has 7 nitrogen and oxygen atoms in total. The van der Waals surface area contributed by atoms with Crippen LogP contribution in [0.5, 0.6) is 0 Å². The van der Waals surface area contributed by atoms with Gasteiger partial charge in [-0.05, 0) is 44.1 Å². The van der Waals surface area contributed by atoms with E-state index in [1.807, 2.05) is 42.5 Å². The molecule has 0 spiro atoms. The second-order valence-corrected chi connectivity index (χ2v) is 9.20. The highest BCUT2D eigenvalue weighted by Gasteiger charge is 2.35. The minimum Gasteiger partial charge on any atom is -0.463 e. The van der Waals surface area contributed by atoms with Gasteiger partial charge in [0.1, 0.15) is 6.61 Å². The average molecular weight is 457 g/mol. The SMILES string of the molecule is O=C(CC1CC=CCCCCC(=O)OCC(c2ccccc2)NC1=O)NC1(CO)CCCC1. The van der Waals surface area contributed by atoms with Crippen LogP contribution in [0, 0.1) is 5.92 Å². The van der Waals surface area contributed by atoms with Crippen molar-refractivity contribution in [1.82, 2.24) is 10.6 Å². The second kappa shape index (κ2) is 12.5. The molecule has 0 aromatic heterocycles. The lowest BCUT2D eigenvalue weighted by Gasteiger charge is -2.29. The van der Waals surface area contributed by atoms with Gasteiger partial charge in [0.15, 0.2) is 0 Å². The molecule has 1 saturated carbocycles. The summed E-state index contributed by atoms with van der Waals surface area (Å²) in [7, 11) is 0. The summed E-state index contributed by atoms with van der Waals surface area (Å²) in [5.41, 5.74) is 0.279. The van der Waals surface area contributed by atoms with Gasteiger partial charge in [0.05, 0.1) is 24.1 Å². The number of aliphatic hydroxyl groups is 1. The van der Waals surface area contributed by atoms with Gasteiger partial charge < -0.3 is 20.5 Å². The highest BCUT2D eigenvalue weighted by molar-refractivity contribution is 5.86. The third kappa shape index (κ3) is 7.70. The van der Waals surface area contributed by atoms with Crippen molar-refractivity contribution in [2.24, 2.45) is 5.92 Å². The number of esters is 1. The maximum atomic E-state index is 13.3. The van der Waals surface area contributed by atoms with Gasteiger partial charge in [-0.15, -0.1) is 0 Å². The van der Waals surface area contributed by atoms with Gasteiger partial charge in [0, 0.05) is 12.8 Å². The van der Waals surface area contributed by atoms with E-state index in [2.05, 4.69) is 10.6 Å². The summed E-state index contributed by atoms with van der Waals surface area (Å²) < 4.78 is 5.46. The fraction of sp³-hybridized carbons (Fsp3) is 0.577. The molecule has 1 aromatic carbocycles. The Kier molecular flexibility index (Phi) is 9.48. The predicted molar refractivity (Wildman–Crippen MR) is 125 cm³/mol. The third-order valence-corrected chi connectivity index (χ3v) is 6.59. The Morgan fingerprint density at radius 1 is 1.09 bits per heavy atom. The van der Waals surface area contributed by atoms with Crippen LogP contribution < -0.4 is 10.6 Å². The lowest BCUT2D eigenvalue weighted by molar-refractivity contribution is -0.145. The van der Waals surface area contributed by atoms with E-state index in [1.165, 1.54) is 0 Å². The summed E-state index contributed by atoms with van der Waals surface area (Å²) in [6.07, 6.45) is 10.7. The van der Waals surface area contributed by atoms with Crippen molar-refractivity contribution in [3.05, 3.63) is 48.0 Å². The lowest BCUT2D eigenvalue weighted by atomic mass is 9.95. The van der Waals surface area contributed by atoms with Gasteiger partial charge >= 0.3 is 5.97 Å². The summed E-state index contributed by atoms with van der Waals surface area (Å²) >= 11 is 0. The van der Waals surface area contributed by atoms with Crippen LogP contribution in [0.15, 0.2) is 42.5 Å². The van der Waals surface area contributed by atoms with Gasteiger partial charge in [-0.1, -0.05) is 55.3 Å². The molecular formula is C26H36N2O5. The van der Waals surface area contributed by atoms with Crippen molar-refractivity contribution in [3.63, 3.8) is 0 Å². The number of ether oxygens (including phenoxy) is 1. The number of cyclic esters (lactones) is 1. The number of carbonyl (C=O) groups is 3. The molecule has 0 radical (unpaired) electrons. The maximum absolute atomic E-state index is 13.3. The first-order valence-corrected chi connectivity index (χ1v) is 12.1. The molecule has 1 aromatic rings. The van der Waals surface area contributed by atoms with E-state index in [1.54, 1.807) is 0 Å². The Balaban J connectivity index is 1.74. The first-order chi connectivity index (χ1) is 16.0. The molecule has 0 saturated heterocycles. The van der Waals surface area contributed by atoms with E-state index in [4.69, 9.17) is 4.74 Å². The molecular weight excluding hydrogens is 420 g/mol. The van der Waals surface area contributed by atoms with Crippen molar-refractivity contribution in [1.29, 1.82) is 0 Å². The Morgan fingerprint density at radius 2 is 1.85 bits per heavy atom. The molecule has 1 aliphatic heterocycles. The summed E-state index contributed by atoms with van der Waals surface area (Å²) in [6.45, 7) is -0.0338. The number of amides is 2. The number of hydrogen-bond acceptors (Lipinski definition) is 5. The number of nitrogens with one attached hydrogen (secondary N) is 2. The van der Waals surface area contributed by atoms with Gasteiger partial charge in [-0.25, -0.2) is 0 Å². The molecule has 1 aliphatic carbocycles. The lowest BCUT2D eigenvalue weighted by Crippen LogP contribution is -2.50. The van der Waals surface area contributed by atoms with E-state index >= 15 is 0 Å². The molecule has 1 heterocycles. The van der Waals surface area contributed by atoms with Crippen molar-refractivity contribution in [2.45, 2.75) is 75.8 Å². The van der Waals surface area contributed by atoms with Crippen LogP contribution in [0.3, 0.4) is 0 Å². The monoisotopic (exact) mass is 456 g/mol. The molecule has 2 unspecified atom stereocenters. The average Bonchev–Trinajstić information content (AvgIpc) is 3.29. The smallest absolute Gasteiger partial charge is 0.305 e. The summed E-state index contributed by atoms with van der Waals surface area (Å²) in [5, 5.41) is 15.8. The van der Waals surface area contributed by atoms with E-state index in [0.29, 0.717) is 12.8 Å². The van der Waals surface area contributed by atoms with Crippen molar-refractivity contribution >= 4 is 17.8 Å². The minimum absolute atomic E-state index is 0.0409. The van der Waals surface area contributed by atoms with Crippen LogP contribution in [0.1, 0.15) is 75.8 Å². The van der Waals surface area contributed by atoms with E-state index in [9.17, 15) is 19.5 Å². The maximum Gasteiger partial charge on any atom is 0.305 e. The van der Waals surface area contributed by atoms with Gasteiger partial charge in [-0.2, -0.15) is 0 Å². The van der Waals surface area contributed by atoms with E-state index in [-0.39, 0.29) is 37.4 Å². The normalized spacial score (nSPS) is 24.4. The molecule has 3 rings (SSSR count). The Morgan fingerprint density at radius 3 is 2.58 bits per heavy atom. The third-order valence-electron chi connectivity index (χ3n) is 6.59. The molecule has 2 amide bonds. The zero-order valence-electron chi connectivity index (χ0n) is 19.3. The summed E-state index contributed by atoms with van der Waals surface area (Å²) in [4.78, 5) is 38.2. The predicted octanol–water partition coefficient (Wildman–Crippen LogP) is 3.34. The van der Waals surface area contributed by atoms with Crippen LogP contribution >= 0.6 is 0 Å². The Hall–Kier alpha value is -2.67. The van der Waals surface area contributed by atoms with Gasteiger partial charge in [0.25, 0.3) is 0 Å². The second-order valence-electron chi connectivity index (χ2n) is 9.20. The van der Waals surface area contributed by atoms with Gasteiger partial charge in [0.2, 0.25) is 11.8 Å². The molecule has 3 N–H and O–H groups in total. The Bertz CT molecular complexity index is 817. The standard InChI is InChI=1S/C26H36N2O5/c29-19-26(15-9-10-16-26)28-23(30)17-21-13-5-2-1-3-8-14-24(31)33-18-22(27-25(21)32)20-11-6-4-7-12-20/h2,4-7,11-12,21-22,29H,1,3,8-10,13-19H2,(H,27,32)(H,28,30). The zero-order chi connectivity index (χ0) is 23.5. The van der Waals surface area contributed by atoms with Crippen molar-refractivity contribution in [3.8, 4) is 0 Å². The summed E-state index contributed by atoms with van der Waals surface area (Å²) in [5.74, 6) is -1.29. The molecule has 180 valence electrons. The highest BCUT2D eigenvalue weighted by atomic mass is 16.5. The fourth-order valence-corrected chi connectivity index (χ4v) is 4.58. The first kappa shape index (κ1) is 25.0. The molecule has 2 aliphatic rings. The van der Waals surface area contributed by atoms with Crippen LogP contribution in [0.2, 0.25) is 0 Å². The number of benzene rings is 1. The summed E-state index contributed by atoms with van der Waals surface area (Å²) in [6, 6.07) is 8.91. The van der Waals surface area contributed by atoms with Crippen molar-refractivity contribution < 1.29 is 24.2 Å². The molecule has 7 heteroatoms. The number of rotatable bonds is 5. The van der Waals surface area contributed by atoms with E-state index < -0.39 is 17.5 Å². The fourth-order valence-electron chi connectivity index (χ4n) is 4.58. The van der Waals surface area contributed by atoms with Crippen LogP contribution in [-0.2, 0) is 19.1 Å². The van der Waals surface area contributed by atoms with Crippen LogP contribution in [0.4, 0.5) is 0 Å². The van der Waals surface area contributed by atoms with Crippen LogP contribution in [0.25, 0.3) is 0 Å². The van der Waals surface area contributed by atoms with E-state index in [0.717, 1.165) is 50.5 Å². The molecule has 2 atom stereocenters. The van der Waals surface area contributed by atoms with Crippen LogP contribution in [-0.4, -0.2) is 41.6 Å².